The van der Waals surface area contributed by atoms with Gasteiger partial charge in [0.15, 0.2) is 6.61 Å². The Morgan fingerprint density at radius 3 is 2.72 bits per heavy atom. The van der Waals surface area contributed by atoms with Crippen LogP contribution in [-0.4, -0.2) is 58.7 Å². The molecule has 0 unspecified atom stereocenters. The number of hydrogen-bond acceptors (Lipinski definition) is 6. The monoisotopic (exact) mass is 362 g/mol. The van der Waals surface area contributed by atoms with Crippen molar-refractivity contribution in [2.24, 2.45) is 0 Å². The van der Waals surface area contributed by atoms with E-state index in [1.807, 2.05) is 6.07 Å². The van der Waals surface area contributed by atoms with Gasteiger partial charge >= 0.3 is 5.97 Å². The zero-order valence-electron chi connectivity index (χ0n) is 13.6. The van der Waals surface area contributed by atoms with Crippen LogP contribution in [0.3, 0.4) is 0 Å². The maximum Gasteiger partial charge on any atom is 0.341 e. The summed E-state index contributed by atoms with van der Waals surface area (Å²) in [6.07, 6.45) is 5.13. The van der Waals surface area contributed by atoms with Crippen LogP contribution >= 0.6 is 11.6 Å². The van der Waals surface area contributed by atoms with Crippen molar-refractivity contribution in [3.05, 3.63) is 47.4 Å². The minimum absolute atomic E-state index is 0.366. The lowest BCUT2D eigenvalue weighted by Crippen LogP contribution is -2.46. The van der Waals surface area contributed by atoms with Gasteiger partial charge in [0.05, 0.1) is 6.20 Å². The number of carbonyl (C=O) groups is 1. The minimum atomic E-state index is -1.00. The second kappa shape index (κ2) is 8.13. The predicted octanol–water partition coefficient (Wildman–Crippen LogP) is 1.92. The van der Waals surface area contributed by atoms with Gasteiger partial charge in [0.1, 0.15) is 11.6 Å². The molecule has 1 aromatic heterocycles. The van der Waals surface area contributed by atoms with Gasteiger partial charge in [-0.05, 0) is 18.2 Å². The number of piperazine rings is 1. The number of aliphatic carboxylic acids is 1. The molecule has 1 aromatic carbocycles. The lowest BCUT2D eigenvalue weighted by molar-refractivity contribution is -0.139. The van der Waals surface area contributed by atoms with E-state index in [0.29, 0.717) is 17.3 Å². The van der Waals surface area contributed by atoms with Crippen molar-refractivity contribution in [2.45, 2.75) is 6.54 Å². The van der Waals surface area contributed by atoms with Crippen LogP contribution < -0.4 is 9.64 Å². The molecule has 2 aromatic rings. The summed E-state index contributed by atoms with van der Waals surface area (Å²) in [5.74, 6) is 0.442. The van der Waals surface area contributed by atoms with Gasteiger partial charge in [0.25, 0.3) is 0 Å². The fourth-order valence-corrected chi connectivity index (χ4v) is 2.98. The second-order valence-electron chi connectivity index (χ2n) is 5.76. The Hall–Kier alpha value is -2.38. The number of nitrogens with zero attached hydrogens (tertiary/aromatic N) is 4. The second-order valence-corrected chi connectivity index (χ2v) is 6.20. The van der Waals surface area contributed by atoms with Gasteiger partial charge in [-0.15, -0.1) is 0 Å². The van der Waals surface area contributed by atoms with E-state index in [4.69, 9.17) is 21.4 Å². The summed E-state index contributed by atoms with van der Waals surface area (Å²) in [7, 11) is 0. The first-order valence-corrected chi connectivity index (χ1v) is 8.36. The number of rotatable bonds is 6. The Balaban J connectivity index is 1.61. The number of hydrogen-bond donors (Lipinski definition) is 1. The van der Waals surface area contributed by atoms with Crippen LogP contribution in [0, 0.1) is 0 Å². The molecule has 0 amide bonds. The molecular weight excluding hydrogens is 344 g/mol. The normalized spacial score (nSPS) is 15.2. The molecule has 7 nitrogen and oxygen atoms in total. The molecule has 1 N–H and O–H groups in total. The van der Waals surface area contributed by atoms with E-state index in [1.165, 1.54) is 0 Å². The van der Waals surface area contributed by atoms with E-state index >= 15 is 0 Å². The van der Waals surface area contributed by atoms with Gasteiger partial charge in [-0.25, -0.2) is 9.78 Å². The molecular formula is C17H19ClN4O3. The maximum atomic E-state index is 10.7. The summed E-state index contributed by atoms with van der Waals surface area (Å²) in [6.45, 7) is 3.72. The summed E-state index contributed by atoms with van der Waals surface area (Å²) >= 11 is 6.09. The van der Waals surface area contributed by atoms with Crippen molar-refractivity contribution >= 4 is 23.4 Å². The third kappa shape index (κ3) is 4.80. The summed E-state index contributed by atoms with van der Waals surface area (Å²) in [5.41, 5.74) is 0.890. The summed E-state index contributed by atoms with van der Waals surface area (Å²) in [5, 5.41) is 9.41. The highest BCUT2D eigenvalue weighted by Gasteiger charge is 2.19. The molecule has 0 spiro atoms. The molecule has 3 rings (SSSR count). The van der Waals surface area contributed by atoms with E-state index in [2.05, 4.69) is 19.8 Å². The van der Waals surface area contributed by atoms with E-state index in [-0.39, 0.29) is 6.61 Å². The van der Waals surface area contributed by atoms with Gasteiger partial charge in [-0.1, -0.05) is 11.6 Å². The van der Waals surface area contributed by atoms with Gasteiger partial charge in [0, 0.05) is 55.7 Å². The third-order valence-corrected chi connectivity index (χ3v) is 4.25. The molecule has 0 radical (unpaired) electrons. The first-order chi connectivity index (χ1) is 12.1. The molecule has 8 heteroatoms. The van der Waals surface area contributed by atoms with E-state index in [0.717, 1.165) is 37.6 Å². The molecule has 2 heterocycles. The largest absolute Gasteiger partial charge is 0.482 e. The third-order valence-electron chi connectivity index (χ3n) is 4.01. The fourth-order valence-electron chi connectivity index (χ4n) is 2.78. The quantitative estimate of drug-likeness (QED) is 0.840. The molecule has 0 bridgehead atoms. The van der Waals surface area contributed by atoms with Crippen LogP contribution in [0.1, 0.15) is 5.56 Å². The summed E-state index contributed by atoms with van der Waals surface area (Å²) in [4.78, 5) is 23.7. The molecule has 0 saturated carbocycles. The van der Waals surface area contributed by atoms with Crippen molar-refractivity contribution in [3.8, 4) is 5.75 Å². The number of carboxylic acids is 1. The van der Waals surface area contributed by atoms with Crippen LogP contribution in [-0.2, 0) is 11.3 Å². The number of carboxylic acid groups (broad SMARTS) is 1. The molecule has 1 aliphatic heterocycles. The first kappa shape index (κ1) is 17.4. The topological polar surface area (TPSA) is 78.8 Å². The number of ether oxygens (including phenoxy) is 1. The number of aromatic nitrogens is 2. The predicted molar refractivity (Wildman–Crippen MR) is 94.1 cm³/mol. The van der Waals surface area contributed by atoms with Crippen molar-refractivity contribution in [2.75, 3.05) is 37.7 Å². The lowest BCUT2D eigenvalue weighted by atomic mass is 10.1. The molecule has 132 valence electrons. The SMILES string of the molecule is O=C(O)COc1ccc(Cl)cc1CN1CCN(c2cnccn2)CC1. The maximum absolute atomic E-state index is 10.7. The van der Waals surface area contributed by atoms with Crippen LogP contribution in [0.5, 0.6) is 5.75 Å². The van der Waals surface area contributed by atoms with Crippen LogP contribution in [0.15, 0.2) is 36.8 Å². The fraction of sp³-hybridized carbons (Fsp3) is 0.353. The summed E-state index contributed by atoms with van der Waals surface area (Å²) in [6, 6.07) is 5.25. The number of halogens is 1. The summed E-state index contributed by atoms with van der Waals surface area (Å²) < 4.78 is 5.37. The molecule has 0 aliphatic carbocycles. The van der Waals surface area contributed by atoms with Crippen molar-refractivity contribution in [1.82, 2.24) is 14.9 Å². The van der Waals surface area contributed by atoms with Gasteiger partial charge < -0.3 is 14.7 Å². The van der Waals surface area contributed by atoms with E-state index < -0.39 is 5.97 Å². The first-order valence-electron chi connectivity index (χ1n) is 7.98. The van der Waals surface area contributed by atoms with E-state index in [1.54, 1.807) is 30.7 Å². The highest BCUT2D eigenvalue weighted by atomic mass is 35.5. The van der Waals surface area contributed by atoms with Crippen molar-refractivity contribution in [3.63, 3.8) is 0 Å². The average Bonchev–Trinajstić information content (AvgIpc) is 2.62. The van der Waals surface area contributed by atoms with Crippen molar-refractivity contribution < 1.29 is 14.6 Å². The molecule has 25 heavy (non-hydrogen) atoms. The molecule has 1 saturated heterocycles. The van der Waals surface area contributed by atoms with Gasteiger partial charge in [-0.3, -0.25) is 9.88 Å². The van der Waals surface area contributed by atoms with Crippen molar-refractivity contribution in [1.29, 1.82) is 0 Å². The zero-order chi connectivity index (χ0) is 17.6. The average molecular weight is 363 g/mol. The standard InChI is InChI=1S/C17H19ClN4O3/c18-14-1-2-15(25-12-17(23)24)13(9-14)11-21-5-7-22(8-6-21)16-10-19-3-4-20-16/h1-4,9-10H,5-8,11-12H2,(H,23,24). The Labute approximate surface area is 150 Å². The van der Waals surface area contributed by atoms with Crippen LogP contribution in [0.4, 0.5) is 5.82 Å². The van der Waals surface area contributed by atoms with Crippen LogP contribution in [0.2, 0.25) is 5.02 Å². The Morgan fingerprint density at radius 1 is 1.24 bits per heavy atom. The van der Waals surface area contributed by atoms with Gasteiger partial charge in [-0.2, -0.15) is 0 Å². The smallest absolute Gasteiger partial charge is 0.341 e. The van der Waals surface area contributed by atoms with E-state index in [9.17, 15) is 4.79 Å². The lowest BCUT2D eigenvalue weighted by Gasteiger charge is -2.35. The Kier molecular flexibility index (Phi) is 5.67. The molecule has 1 aliphatic rings. The van der Waals surface area contributed by atoms with Gasteiger partial charge in [0.2, 0.25) is 0 Å². The zero-order valence-corrected chi connectivity index (χ0v) is 14.4. The molecule has 0 atom stereocenters. The highest BCUT2D eigenvalue weighted by Crippen LogP contribution is 2.25. The van der Waals surface area contributed by atoms with Crippen LogP contribution in [0.25, 0.3) is 0 Å². The molecule has 1 fully saturated rings. The highest BCUT2D eigenvalue weighted by molar-refractivity contribution is 6.30. The number of anilines is 1. The minimum Gasteiger partial charge on any atom is -0.482 e. The number of benzene rings is 1. The Bertz CT molecular complexity index is 721. The Morgan fingerprint density at radius 2 is 2.04 bits per heavy atom.